The average Bonchev–Trinajstić information content (AvgIpc) is 2.87. The van der Waals surface area contributed by atoms with Crippen LogP contribution in [0.3, 0.4) is 0 Å². The number of aromatic nitrogens is 1. The lowest BCUT2D eigenvalue weighted by Crippen LogP contribution is -2.01. The van der Waals surface area contributed by atoms with Gasteiger partial charge in [0.15, 0.2) is 0 Å². The molecule has 0 radical (unpaired) electrons. The first-order valence-electron chi connectivity index (χ1n) is 5.63. The third-order valence-corrected chi connectivity index (χ3v) is 3.44. The summed E-state index contributed by atoms with van der Waals surface area (Å²) in [5, 5.41) is 12.2. The zero-order valence-electron chi connectivity index (χ0n) is 10.3. The minimum absolute atomic E-state index is 0.573. The first kappa shape index (κ1) is 12.9. The molecule has 2 aromatic heterocycles. The number of ether oxygens (including phenoxy) is 2. The van der Waals surface area contributed by atoms with Gasteiger partial charge in [-0.2, -0.15) is 0 Å². The lowest BCUT2D eigenvalue weighted by molar-refractivity contribution is 0.217. The SMILES string of the molecule is CCOc1cncc(C(O)c2sccc2OC)c1. The summed E-state index contributed by atoms with van der Waals surface area (Å²) in [6, 6.07) is 3.63. The van der Waals surface area contributed by atoms with Crippen LogP contribution in [0.1, 0.15) is 23.5 Å². The first-order chi connectivity index (χ1) is 8.76. The standard InChI is InChI=1S/C13H15NO3S/c1-3-17-10-6-9(7-14-8-10)12(15)13-11(16-2)4-5-18-13/h4-8,12,15H,3H2,1-2H3. The van der Waals surface area contributed by atoms with Crippen molar-refractivity contribution >= 4 is 11.3 Å². The van der Waals surface area contributed by atoms with Gasteiger partial charge in [0.1, 0.15) is 17.6 Å². The van der Waals surface area contributed by atoms with Crippen molar-refractivity contribution in [3.05, 3.63) is 40.3 Å². The zero-order chi connectivity index (χ0) is 13.0. The van der Waals surface area contributed by atoms with Gasteiger partial charge in [0, 0.05) is 11.8 Å². The molecule has 5 heteroatoms. The van der Waals surface area contributed by atoms with Crippen molar-refractivity contribution in [1.29, 1.82) is 0 Å². The molecular weight excluding hydrogens is 250 g/mol. The molecule has 1 unspecified atom stereocenters. The van der Waals surface area contributed by atoms with E-state index in [9.17, 15) is 5.11 Å². The van der Waals surface area contributed by atoms with Crippen molar-refractivity contribution in [2.45, 2.75) is 13.0 Å². The quantitative estimate of drug-likeness (QED) is 0.903. The van der Waals surface area contributed by atoms with E-state index in [-0.39, 0.29) is 0 Å². The molecule has 4 nitrogen and oxygen atoms in total. The monoisotopic (exact) mass is 265 g/mol. The van der Waals surface area contributed by atoms with Crippen molar-refractivity contribution < 1.29 is 14.6 Å². The third-order valence-electron chi connectivity index (χ3n) is 2.49. The topological polar surface area (TPSA) is 51.6 Å². The average molecular weight is 265 g/mol. The minimum Gasteiger partial charge on any atom is -0.495 e. The summed E-state index contributed by atoms with van der Waals surface area (Å²) in [5.74, 6) is 1.35. The molecule has 0 aliphatic carbocycles. The molecule has 1 atom stereocenters. The van der Waals surface area contributed by atoms with E-state index in [0.29, 0.717) is 23.7 Å². The fourth-order valence-corrected chi connectivity index (χ4v) is 2.53. The van der Waals surface area contributed by atoms with Crippen LogP contribution in [0.15, 0.2) is 29.9 Å². The maximum Gasteiger partial charge on any atom is 0.137 e. The molecule has 2 rings (SSSR count). The molecule has 0 spiro atoms. The minimum atomic E-state index is -0.743. The number of thiophene rings is 1. The molecule has 2 aromatic rings. The summed E-state index contributed by atoms with van der Waals surface area (Å²) in [6.45, 7) is 2.48. The van der Waals surface area contributed by atoms with Gasteiger partial charge in [-0.05, 0) is 24.4 Å². The smallest absolute Gasteiger partial charge is 0.137 e. The second-order valence-corrected chi connectivity index (χ2v) is 4.59. The summed E-state index contributed by atoms with van der Waals surface area (Å²) >= 11 is 1.45. The Morgan fingerprint density at radius 3 is 3.00 bits per heavy atom. The summed E-state index contributed by atoms with van der Waals surface area (Å²) in [4.78, 5) is 4.84. The van der Waals surface area contributed by atoms with E-state index in [0.717, 1.165) is 4.88 Å². The molecule has 18 heavy (non-hydrogen) atoms. The lowest BCUT2D eigenvalue weighted by atomic mass is 10.1. The number of pyridine rings is 1. The maximum absolute atomic E-state index is 10.3. The van der Waals surface area contributed by atoms with Gasteiger partial charge in [-0.1, -0.05) is 0 Å². The number of rotatable bonds is 5. The van der Waals surface area contributed by atoms with E-state index in [4.69, 9.17) is 9.47 Å². The lowest BCUT2D eigenvalue weighted by Gasteiger charge is -2.12. The summed E-state index contributed by atoms with van der Waals surface area (Å²) in [6.07, 6.45) is 2.52. The zero-order valence-corrected chi connectivity index (χ0v) is 11.1. The molecule has 0 saturated carbocycles. The van der Waals surface area contributed by atoms with Crippen LogP contribution >= 0.6 is 11.3 Å². The predicted molar refractivity (Wildman–Crippen MR) is 70.3 cm³/mol. The molecule has 0 amide bonds. The normalized spacial score (nSPS) is 12.2. The van der Waals surface area contributed by atoms with E-state index < -0.39 is 6.10 Å². The Hall–Kier alpha value is -1.59. The second kappa shape index (κ2) is 5.84. The summed E-state index contributed by atoms with van der Waals surface area (Å²) in [7, 11) is 1.59. The Bertz CT molecular complexity index is 512. The van der Waals surface area contributed by atoms with Gasteiger partial charge < -0.3 is 14.6 Å². The molecule has 96 valence electrons. The van der Waals surface area contributed by atoms with Gasteiger partial charge in [0.05, 0.1) is 24.8 Å². The van der Waals surface area contributed by atoms with E-state index in [1.807, 2.05) is 18.4 Å². The van der Waals surface area contributed by atoms with Gasteiger partial charge in [-0.15, -0.1) is 11.3 Å². The number of aliphatic hydroxyl groups is 1. The number of hydrogen-bond donors (Lipinski definition) is 1. The largest absolute Gasteiger partial charge is 0.495 e. The van der Waals surface area contributed by atoms with Crippen LogP contribution in [0.4, 0.5) is 0 Å². The second-order valence-electron chi connectivity index (χ2n) is 3.64. The predicted octanol–water partition coefficient (Wildman–Crippen LogP) is 2.63. The van der Waals surface area contributed by atoms with Crippen LogP contribution in [0.2, 0.25) is 0 Å². The van der Waals surface area contributed by atoms with E-state index in [1.165, 1.54) is 11.3 Å². The Morgan fingerprint density at radius 1 is 1.44 bits per heavy atom. The molecule has 0 aliphatic rings. The number of methoxy groups -OCH3 is 1. The van der Waals surface area contributed by atoms with Crippen molar-refractivity contribution in [1.82, 2.24) is 4.98 Å². The van der Waals surface area contributed by atoms with Crippen molar-refractivity contribution in [3.63, 3.8) is 0 Å². The molecule has 1 N–H and O–H groups in total. The van der Waals surface area contributed by atoms with Gasteiger partial charge >= 0.3 is 0 Å². The van der Waals surface area contributed by atoms with E-state index in [2.05, 4.69) is 4.98 Å². The van der Waals surface area contributed by atoms with E-state index in [1.54, 1.807) is 25.6 Å². The highest BCUT2D eigenvalue weighted by atomic mass is 32.1. The molecular formula is C13H15NO3S. The summed E-state index contributed by atoms with van der Waals surface area (Å²) in [5.41, 5.74) is 0.696. The summed E-state index contributed by atoms with van der Waals surface area (Å²) < 4.78 is 10.6. The van der Waals surface area contributed by atoms with Gasteiger partial charge in [0.2, 0.25) is 0 Å². The van der Waals surface area contributed by atoms with Crippen LogP contribution in [-0.4, -0.2) is 23.8 Å². The van der Waals surface area contributed by atoms with Crippen molar-refractivity contribution in [2.75, 3.05) is 13.7 Å². The highest BCUT2D eigenvalue weighted by Gasteiger charge is 2.17. The number of hydrogen-bond acceptors (Lipinski definition) is 5. The van der Waals surface area contributed by atoms with E-state index >= 15 is 0 Å². The maximum atomic E-state index is 10.3. The van der Waals surface area contributed by atoms with Crippen LogP contribution < -0.4 is 9.47 Å². The van der Waals surface area contributed by atoms with Gasteiger partial charge in [0.25, 0.3) is 0 Å². The Balaban J connectivity index is 2.28. The molecule has 2 heterocycles. The highest BCUT2D eigenvalue weighted by Crippen LogP contribution is 2.35. The van der Waals surface area contributed by atoms with Crippen molar-refractivity contribution in [2.24, 2.45) is 0 Å². The van der Waals surface area contributed by atoms with Crippen molar-refractivity contribution in [3.8, 4) is 11.5 Å². The first-order valence-corrected chi connectivity index (χ1v) is 6.51. The molecule has 0 bridgehead atoms. The third kappa shape index (κ3) is 2.63. The van der Waals surface area contributed by atoms with Crippen LogP contribution in [0.25, 0.3) is 0 Å². The van der Waals surface area contributed by atoms with Crippen LogP contribution in [0.5, 0.6) is 11.5 Å². The molecule has 0 saturated heterocycles. The fraction of sp³-hybridized carbons (Fsp3) is 0.308. The molecule has 0 aliphatic heterocycles. The number of nitrogens with zero attached hydrogens (tertiary/aromatic N) is 1. The van der Waals surface area contributed by atoms with Crippen LogP contribution in [0, 0.1) is 0 Å². The Labute approximate surface area is 110 Å². The molecule has 0 fully saturated rings. The van der Waals surface area contributed by atoms with Gasteiger partial charge in [-0.25, -0.2) is 0 Å². The Kier molecular flexibility index (Phi) is 4.17. The number of aliphatic hydroxyl groups excluding tert-OH is 1. The highest BCUT2D eigenvalue weighted by molar-refractivity contribution is 7.10. The van der Waals surface area contributed by atoms with Gasteiger partial charge in [-0.3, -0.25) is 4.98 Å². The Morgan fingerprint density at radius 2 is 2.28 bits per heavy atom. The van der Waals surface area contributed by atoms with Crippen LogP contribution in [-0.2, 0) is 0 Å². The molecule has 0 aromatic carbocycles. The fourth-order valence-electron chi connectivity index (χ4n) is 1.66.